The lowest BCUT2D eigenvalue weighted by Gasteiger charge is -2.51. The molecule has 3 amide bonds. The first kappa shape index (κ1) is 35.9. The molecule has 0 aromatic carbocycles. The Hall–Kier alpha value is -3.11. The van der Waals surface area contributed by atoms with Crippen molar-refractivity contribution in [2.24, 2.45) is 34.0 Å². The average molecular weight is 748 g/mol. The van der Waals surface area contributed by atoms with Crippen molar-refractivity contribution >= 4 is 45.2 Å². The van der Waals surface area contributed by atoms with Gasteiger partial charge in [0.25, 0.3) is 0 Å². The number of thiazole rings is 1. The predicted octanol–water partition coefficient (Wildman–Crippen LogP) is 4.05. The second-order valence-electron chi connectivity index (χ2n) is 17.1. The number of hydrogen-bond donors (Lipinski definition) is 1. The maximum atomic E-state index is 14.6. The number of carbonyl (C=O) groups excluding carboxylic acids is 3. The van der Waals surface area contributed by atoms with E-state index in [1.165, 1.54) is 22.6 Å². The number of fused-ring (bicyclic) bond motifs is 4. The Balaban J connectivity index is 1.03. The van der Waals surface area contributed by atoms with Gasteiger partial charge in [0.05, 0.1) is 42.8 Å². The molecule has 5 aliphatic heterocycles. The van der Waals surface area contributed by atoms with Crippen LogP contribution in [0.3, 0.4) is 0 Å². The van der Waals surface area contributed by atoms with E-state index in [0.29, 0.717) is 50.9 Å². The molecule has 2 saturated carbocycles. The summed E-state index contributed by atoms with van der Waals surface area (Å²) in [6.07, 6.45) is 1.02. The third kappa shape index (κ3) is 6.54. The number of anilines is 1. The zero-order valence-electron chi connectivity index (χ0n) is 30.0. The lowest BCUT2D eigenvalue weighted by molar-refractivity contribution is -0.187. The van der Waals surface area contributed by atoms with Gasteiger partial charge in [-0.25, -0.2) is 15.0 Å². The van der Waals surface area contributed by atoms with Crippen LogP contribution in [-0.4, -0.2) is 119 Å². The van der Waals surface area contributed by atoms with E-state index in [9.17, 15) is 27.6 Å². The molecule has 7 aliphatic rings. The molecule has 16 heteroatoms. The summed E-state index contributed by atoms with van der Waals surface area (Å²) in [5.74, 6) is -2.07. The quantitative estimate of drug-likeness (QED) is 0.404. The number of alkyl halides is 3. The topological polar surface area (TPSA) is 130 Å². The average Bonchev–Trinajstić information content (AvgIpc) is 3.43. The molecule has 1 spiro atoms. The highest BCUT2D eigenvalue weighted by Crippen LogP contribution is 2.55. The Morgan fingerprint density at radius 2 is 1.75 bits per heavy atom. The van der Waals surface area contributed by atoms with Crippen molar-refractivity contribution in [2.45, 2.75) is 90.1 Å². The van der Waals surface area contributed by atoms with Gasteiger partial charge in [-0.05, 0) is 57.3 Å². The first-order valence-electron chi connectivity index (χ1n) is 18.6. The van der Waals surface area contributed by atoms with Crippen LogP contribution in [0.25, 0.3) is 10.3 Å². The Labute approximate surface area is 305 Å². The largest absolute Gasteiger partial charge is 0.391 e. The van der Waals surface area contributed by atoms with Crippen LogP contribution in [0.5, 0.6) is 0 Å². The van der Waals surface area contributed by atoms with Crippen molar-refractivity contribution in [3.05, 3.63) is 11.8 Å². The standard InChI is InChI=1S/C36H48F3N7O5S/c1-21(50-17-34-8-4-23(5-9-34)51-18-34)26(32(49)44-10-6-22(7-11-44)36(37,38)39)43-30(47)25-13-45(29-27-28(40-19-41-29)42-20-52-27)14-35(25)15-46(16-35)31(48)24-12-33(24,2)3/h19-26H,4-18H2,1-3H3,(H,43,47)/t21-,23?,24-,25+,26-,34?/m1/s1. The second kappa shape index (κ2) is 13.0. The summed E-state index contributed by atoms with van der Waals surface area (Å²) >= 11 is 1.42. The van der Waals surface area contributed by atoms with E-state index >= 15 is 0 Å². The summed E-state index contributed by atoms with van der Waals surface area (Å²) in [6.45, 7) is 8.40. The highest BCUT2D eigenvalue weighted by Gasteiger charge is 2.62. The summed E-state index contributed by atoms with van der Waals surface area (Å²) in [4.78, 5) is 60.8. The van der Waals surface area contributed by atoms with E-state index in [0.717, 1.165) is 36.8 Å². The molecule has 0 unspecified atom stereocenters. The van der Waals surface area contributed by atoms with E-state index in [4.69, 9.17) is 9.47 Å². The van der Waals surface area contributed by atoms with Gasteiger partial charge >= 0.3 is 6.18 Å². The van der Waals surface area contributed by atoms with Gasteiger partial charge in [-0.1, -0.05) is 13.8 Å². The maximum absolute atomic E-state index is 14.6. The van der Waals surface area contributed by atoms with Crippen molar-refractivity contribution < 1.29 is 37.0 Å². The number of rotatable bonds is 9. The van der Waals surface area contributed by atoms with E-state index in [1.54, 1.807) is 12.4 Å². The van der Waals surface area contributed by atoms with Gasteiger partial charge in [-0.2, -0.15) is 13.2 Å². The molecule has 1 N–H and O–H groups in total. The number of amides is 3. The third-order valence-corrected chi connectivity index (χ3v) is 13.9. The molecular weight excluding hydrogens is 700 g/mol. The van der Waals surface area contributed by atoms with Gasteiger partial charge in [0.1, 0.15) is 17.1 Å². The van der Waals surface area contributed by atoms with Crippen molar-refractivity contribution in [3.8, 4) is 0 Å². The summed E-state index contributed by atoms with van der Waals surface area (Å²) < 4.78 is 53.8. The fraction of sp³-hybridized carbons (Fsp3) is 0.778. The Kier molecular flexibility index (Phi) is 9.00. The van der Waals surface area contributed by atoms with Gasteiger partial charge in [0.2, 0.25) is 17.7 Å². The molecule has 7 fully saturated rings. The number of piperidine rings is 1. The van der Waals surface area contributed by atoms with E-state index < -0.39 is 41.5 Å². The lowest BCUT2D eigenvalue weighted by Crippen LogP contribution is -2.65. The molecule has 284 valence electrons. The first-order valence-corrected chi connectivity index (χ1v) is 19.5. The molecule has 12 nitrogen and oxygen atoms in total. The molecule has 7 heterocycles. The van der Waals surface area contributed by atoms with Crippen LogP contribution in [0.4, 0.5) is 19.0 Å². The highest BCUT2D eigenvalue weighted by molar-refractivity contribution is 7.17. The van der Waals surface area contributed by atoms with Crippen LogP contribution in [0.15, 0.2) is 11.8 Å². The minimum absolute atomic E-state index is 0.0288. The zero-order chi connectivity index (χ0) is 36.6. The summed E-state index contributed by atoms with van der Waals surface area (Å²) in [5.41, 5.74) is 1.51. The number of nitrogens with one attached hydrogen (secondary N) is 1. The van der Waals surface area contributed by atoms with E-state index in [2.05, 4.69) is 39.0 Å². The van der Waals surface area contributed by atoms with Crippen LogP contribution in [0, 0.1) is 34.0 Å². The summed E-state index contributed by atoms with van der Waals surface area (Å²) in [7, 11) is 0. The molecular formula is C36H48F3N7O5S. The van der Waals surface area contributed by atoms with E-state index in [1.807, 2.05) is 4.90 Å². The van der Waals surface area contributed by atoms with Gasteiger partial charge in [-0.3, -0.25) is 14.4 Å². The van der Waals surface area contributed by atoms with Gasteiger partial charge in [-0.15, -0.1) is 11.3 Å². The second-order valence-corrected chi connectivity index (χ2v) is 17.9. The van der Waals surface area contributed by atoms with Crippen LogP contribution < -0.4 is 10.2 Å². The SMILES string of the molecule is C[C@@H](OCC12CCC(CC1)OC2)[C@@H](NC(=O)[C@@H]1CN(c2ncnc3ncsc23)CC12CN(C(=O)[C@H]1CC1(C)C)C2)C(=O)N1CCC(C(F)(F)F)CC1. The fourth-order valence-electron chi connectivity index (χ4n) is 9.36. The van der Waals surface area contributed by atoms with Crippen LogP contribution in [0.1, 0.15) is 65.7 Å². The molecule has 9 rings (SSSR count). The Morgan fingerprint density at radius 1 is 1.04 bits per heavy atom. The Morgan fingerprint density at radius 3 is 2.38 bits per heavy atom. The first-order chi connectivity index (χ1) is 24.7. The molecule has 52 heavy (non-hydrogen) atoms. The summed E-state index contributed by atoms with van der Waals surface area (Å²) in [5, 5.41) is 3.06. The molecule has 4 atom stereocenters. The number of likely N-dealkylation sites (tertiary alicyclic amines) is 2. The smallest absolute Gasteiger partial charge is 0.378 e. The normalized spacial score (nSPS) is 30.7. The van der Waals surface area contributed by atoms with Crippen molar-refractivity contribution in [1.29, 1.82) is 0 Å². The number of hydrogen-bond acceptors (Lipinski definition) is 10. The molecule has 2 bridgehead atoms. The number of nitrogens with zero attached hydrogens (tertiary/aromatic N) is 6. The van der Waals surface area contributed by atoms with Crippen LogP contribution in [-0.2, 0) is 23.9 Å². The minimum Gasteiger partial charge on any atom is -0.378 e. The third-order valence-electron chi connectivity index (χ3n) is 13.1. The van der Waals surface area contributed by atoms with Gasteiger partial charge in [0.15, 0.2) is 11.5 Å². The lowest BCUT2D eigenvalue weighted by atomic mass is 9.70. The Bertz CT molecular complexity index is 1690. The van der Waals surface area contributed by atoms with Crippen LogP contribution in [0.2, 0.25) is 0 Å². The van der Waals surface area contributed by atoms with Crippen molar-refractivity contribution in [1.82, 2.24) is 30.1 Å². The minimum atomic E-state index is -4.32. The van der Waals surface area contributed by atoms with Crippen molar-refractivity contribution in [3.63, 3.8) is 0 Å². The molecule has 5 saturated heterocycles. The molecule has 2 aromatic heterocycles. The zero-order valence-corrected chi connectivity index (χ0v) is 30.8. The monoisotopic (exact) mass is 747 g/mol. The summed E-state index contributed by atoms with van der Waals surface area (Å²) in [6, 6.07) is -1.10. The molecule has 2 aliphatic carbocycles. The highest BCUT2D eigenvalue weighted by atomic mass is 32.1. The molecule has 2 aromatic rings. The van der Waals surface area contributed by atoms with Crippen LogP contribution >= 0.6 is 11.3 Å². The maximum Gasteiger partial charge on any atom is 0.391 e. The number of halogens is 3. The predicted molar refractivity (Wildman–Crippen MR) is 185 cm³/mol. The van der Waals surface area contributed by atoms with Crippen molar-refractivity contribution in [2.75, 3.05) is 57.4 Å². The molecule has 0 radical (unpaired) electrons. The number of carbonyl (C=O) groups is 3. The van der Waals surface area contributed by atoms with E-state index in [-0.39, 0.29) is 60.6 Å². The van der Waals surface area contributed by atoms with Gasteiger partial charge < -0.3 is 29.5 Å². The fourth-order valence-corrected chi connectivity index (χ4v) is 10.1. The number of ether oxygens (including phenoxy) is 2. The van der Waals surface area contributed by atoms with Gasteiger partial charge in [0, 0.05) is 56.0 Å². The number of aromatic nitrogens is 3.